The highest BCUT2D eigenvalue weighted by molar-refractivity contribution is 5.90. The van der Waals surface area contributed by atoms with Crippen LogP contribution in [0.15, 0.2) is 59.7 Å². The number of hydrogen-bond donors (Lipinski definition) is 4. The molecule has 1 saturated heterocycles. The lowest BCUT2D eigenvalue weighted by Gasteiger charge is -2.28. The van der Waals surface area contributed by atoms with Gasteiger partial charge in [0.05, 0.1) is 18.8 Å². The number of nitrogens with two attached hydrogens (primary N) is 1. The summed E-state index contributed by atoms with van der Waals surface area (Å²) < 4.78 is 0. The maximum atomic E-state index is 13.3. The van der Waals surface area contributed by atoms with Crippen LogP contribution in [0.3, 0.4) is 0 Å². The average molecular weight is 502 g/mol. The van der Waals surface area contributed by atoms with Gasteiger partial charge >= 0.3 is 5.97 Å². The molecule has 1 heterocycles. The first-order chi connectivity index (χ1) is 16.5. The van der Waals surface area contributed by atoms with E-state index in [2.05, 4.69) is 15.7 Å². The van der Waals surface area contributed by atoms with Crippen LogP contribution >= 0.6 is 12.4 Å². The van der Waals surface area contributed by atoms with Gasteiger partial charge in [-0.25, -0.2) is 0 Å². The molecule has 2 aromatic rings. The third-order valence-electron chi connectivity index (χ3n) is 5.87. The first kappa shape index (κ1) is 27.8. The summed E-state index contributed by atoms with van der Waals surface area (Å²) in [5.74, 6) is 3.68. The zero-order chi connectivity index (χ0) is 24.3. The van der Waals surface area contributed by atoms with Gasteiger partial charge in [0.15, 0.2) is 0 Å². The number of carbonyl (C=O) groups is 3. The second-order valence-corrected chi connectivity index (χ2v) is 8.28. The first-order valence-electron chi connectivity index (χ1n) is 11.4. The third-order valence-corrected chi connectivity index (χ3v) is 5.87. The predicted molar refractivity (Wildman–Crippen MR) is 136 cm³/mol. The largest absolute Gasteiger partial charge is 0.480 e. The van der Waals surface area contributed by atoms with Gasteiger partial charge in [-0.05, 0) is 42.4 Å². The van der Waals surface area contributed by atoms with Crippen molar-refractivity contribution in [3.8, 4) is 0 Å². The van der Waals surface area contributed by atoms with E-state index in [4.69, 9.17) is 10.9 Å². The summed E-state index contributed by atoms with van der Waals surface area (Å²) in [4.78, 5) is 38.9. The highest BCUT2D eigenvalue weighted by atomic mass is 35.5. The number of halogens is 1. The summed E-state index contributed by atoms with van der Waals surface area (Å²) >= 11 is 0. The molecule has 9 nitrogen and oxygen atoms in total. The van der Waals surface area contributed by atoms with Crippen molar-refractivity contribution < 1.29 is 19.5 Å². The highest BCUT2D eigenvalue weighted by Crippen LogP contribution is 2.20. The smallest absolute Gasteiger partial charge is 0.317 e. The van der Waals surface area contributed by atoms with E-state index in [9.17, 15) is 14.4 Å². The number of likely N-dealkylation sites (tertiary alicyclic amines) is 1. The van der Waals surface area contributed by atoms with E-state index < -0.39 is 18.1 Å². The third kappa shape index (κ3) is 8.38. The standard InChI is InChI=1S/C25H31N5O4.ClH/c26-29-16-20-10-8-19(9-11-20)15-28-24(33)22-7-4-14-30(22)25(34)21(27-17-23(31)32)13-12-18-5-2-1-3-6-18;/h1-3,5-6,8-11,16,21-22,27H,4,7,12-15,17,26H2,(H,28,33)(H,31,32);1H/t21-,22+;/m1./s1. The lowest BCUT2D eigenvalue weighted by molar-refractivity contribution is -0.141. The van der Waals surface area contributed by atoms with Crippen molar-refractivity contribution in [2.45, 2.75) is 44.3 Å². The molecule has 188 valence electrons. The number of nitrogens with zero attached hydrogens (tertiary/aromatic N) is 2. The summed E-state index contributed by atoms with van der Waals surface area (Å²) in [6.07, 6.45) is 3.91. The average Bonchev–Trinajstić information content (AvgIpc) is 3.34. The fraction of sp³-hybridized carbons (Fsp3) is 0.360. The Hall–Kier alpha value is -3.43. The molecule has 0 aliphatic carbocycles. The number of amides is 2. The van der Waals surface area contributed by atoms with Crippen molar-refractivity contribution in [2.75, 3.05) is 13.1 Å². The molecular formula is C25H32ClN5O4. The Morgan fingerprint density at radius 2 is 1.83 bits per heavy atom. The van der Waals surface area contributed by atoms with Gasteiger partial charge in [0.2, 0.25) is 11.8 Å². The van der Waals surface area contributed by atoms with Gasteiger partial charge < -0.3 is 21.2 Å². The Labute approximate surface area is 211 Å². The van der Waals surface area contributed by atoms with Crippen LogP contribution in [0.25, 0.3) is 0 Å². The van der Waals surface area contributed by atoms with E-state index in [-0.39, 0.29) is 30.8 Å². The Balaban J connectivity index is 0.00000432. The summed E-state index contributed by atoms with van der Waals surface area (Å²) in [5, 5.41) is 18.4. The van der Waals surface area contributed by atoms with E-state index in [1.54, 1.807) is 4.90 Å². The number of hydrazone groups is 1. The molecule has 0 bridgehead atoms. The molecular weight excluding hydrogens is 470 g/mol. The van der Waals surface area contributed by atoms with Crippen LogP contribution < -0.4 is 16.5 Å². The number of aryl methyl sites for hydroxylation is 1. The van der Waals surface area contributed by atoms with Crippen molar-refractivity contribution >= 4 is 36.4 Å². The Morgan fingerprint density at radius 3 is 2.49 bits per heavy atom. The number of nitrogens with one attached hydrogen (secondary N) is 2. The lowest BCUT2D eigenvalue weighted by Crippen LogP contribution is -2.53. The van der Waals surface area contributed by atoms with Gasteiger partial charge in [-0.3, -0.25) is 19.7 Å². The fourth-order valence-corrected chi connectivity index (χ4v) is 4.10. The molecule has 0 spiro atoms. The van der Waals surface area contributed by atoms with Crippen LogP contribution in [0.2, 0.25) is 0 Å². The van der Waals surface area contributed by atoms with E-state index in [1.807, 2.05) is 54.6 Å². The van der Waals surface area contributed by atoms with Crippen LogP contribution in [0.5, 0.6) is 0 Å². The van der Waals surface area contributed by atoms with Crippen molar-refractivity contribution in [2.24, 2.45) is 10.9 Å². The normalized spacial score (nSPS) is 16.0. The van der Waals surface area contributed by atoms with Crippen LogP contribution in [0.4, 0.5) is 0 Å². The van der Waals surface area contributed by atoms with Crippen molar-refractivity contribution in [3.05, 3.63) is 71.3 Å². The molecule has 1 fully saturated rings. The highest BCUT2D eigenvalue weighted by Gasteiger charge is 2.37. The van der Waals surface area contributed by atoms with Crippen LogP contribution in [-0.2, 0) is 27.3 Å². The second kappa shape index (κ2) is 14.1. The minimum Gasteiger partial charge on any atom is -0.480 e. The molecule has 0 unspecified atom stereocenters. The van der Waals surface area contributed by atoms with E-state index in [0.717, 1.165) is 23.1 Å². The lowest BCUT2D eigenvalue weighted by atomic mass is 10.0. The monoisotopic (exact) mass is 501 g/mol. The van der Waals surface area contributed by atoms with Crippen molar-refractivity contribution in [3.63, 3.8) is 0 Å². The summed E-state index contributed by atoms with van der Waals surface area (Å²) in [5.41, 5.74) is 2.85. The maximum absolute atomic E-state index is 13.3. The molecule has 35 heavy (non-hydrogen) atoms. The van der Waals surface area contributed by atoms with E-state index in [0.29, 0.717) is 32.4 Å². The molecule has 3 rings (SSSR count). The second-order valence-electron chi connectivity index (χ2n) is 8.28. The van der Waals surface area contributed by atoms with Gasteiger partial charge in [0, 0.05) is 13.1 Å². The minimum atomic E-state index is -1.03. The molecule has 0 saturated carbocycles. The molecule has 0 radical (unpaired) electrons. The minimum absolute atomic E-state index is 0. The number of carboxylic acids is 1. The van der Waals surface area contributed by atoms with Crippen molar-refractivity contribution in [1.82, 2.24) is 15.5 Å². The number of carboxylic acid groups (broad SMARTS) is 1. The SMILES string of the molecule is Cl.NN=Cc1ccc(CNC(=O)[C@@H]2CCCN2C(=O)[C@@H](CCc2ccccc2)NCC(=O)O)cc1. The molecule has 10 heteroatoms. The predicted octanol–water partition coefficient (Wildman–Crippen LogP) is 1.68. The van der Waals surface area contributed by atoms with Gasteiger partial charge in [-0.1, -0.05) is 54.6 Å². The molecule has 1 aliphatic rings. The summed E-state index contributed by atoms with van der Waals surface area (Å²) in [7, 11) is 0. The Bertz CT molecular complexity index is 1000. The molecule has 1 aliphatic heterocycles. The van der Waals surface area contributed by atoms with Crippen molar-refractivity contribution in [1.29, 1.82) is 0 Å². The number of benzene rings is 2. The van der Waals surface area contributed by atoms with Gasteiger partial charge in [0.1, 0.15) is 6.04 Å². The van der Waals surface area contributed by atoms with E-state index in [1.165, 1.54) is 6.21 Å². The maximum Gasteiger partial charge on any atom is 0.317 e. The van der Waals surface area contributed by atoms with Gasteiger partial charge in [0.25, 0.3) is 0 Å². The zero-order valence-corrected chi connectivity index (χ0v) is 20.2. The molecule has 5 N–H and O–H groups in total. The Kier molecular flexibility index (Phi) is 11.2. The molecule has 2 aromatic carbocycles. The van der Waals surface area contributed by atoms with Crippen LogP contribution in [0.1, 0.15) is 36.0 Å². The van der Waals surface area contributed by atoms with E-state index >= 15 is 0 Å². The topological polar surface area (TPSA) is 137 Å². The van der Waals surface area contributed by atoms with Gasteiger partial charge in [-0.15, -0.1) is 12.4 Å². The molecule has 2 atom stereocenters. The van der Waals surface area contributed by atoms with Crippen LogP contribution in [0, 0.1) is 0 Å². The number of hydrogen-bond acceptors (Lipinski definition) is 6. The quantitative estimate of drug-likeness (QED) is 0.210. The first-order valence-corrected chi connectivity index (χ1v) is 11.4. The summed E-state index contributed by atoms with van der Waals surface area (Å²) in [6.45, 7) is 0.494. The van der Waals surface area contributed by atoms with Gasteiger partial charge in [-0.2, -0.15) is 5.10 Å². The zero-order valence-electron chi connectivity index (χ0n) is 19.4. The fourth-order valence-electron chi connectivity index (χ4n) is 4.10. The number of aliphatic carboxylic acids is 1. The molecule has 2 amide bonds. The Morgan fingerprint density at radius 1 is 1.11 bits per heavy atom. The number of carbonyl (C=O) groups excluding carboxylic acids is 2. The molecule has 0 aromatic heterocycles. The van der Waals surface area contributed by atoms with Crippen LogP contribution in [-0.4, -0.2) is 59.2 Å². The number of rotatable bonds is 11. The summed E-state index contributed by atoms with van der Waals surface area (Å²) in [6, 6.07) is 15.9.